The second-order valence-electron chi connectivity index (χ2n) is 7.65. The molecule has 1 heterocycles. The maximum atomic E-state index is 5.73. The molecule has 1 saturated heterocycles. The molecule has 1 aliphatic carbocycles. The van der Waals surface area contributed by atoms with E-state index in [4.69, 9.17) is 4.74 Å². The highest BCUT2D eigenvalue weighted by Gasteiger charge is 2.66. The first-order chi connectivity index (χ1) is 8.91. The first-order valence-electron chi connectivity index (χ1n) is 8.26. The molecule has 2 atom stereocenters. The third kappa shape index (κ3) is 3.00. The Morgan fingerprint density at radius 3 is 2.37 bits per heavy atom. The summed E-state index contributed by atoms with van der Waals surface area (Å²) in [6, 6.07) is 0.691. The fourth-order valence-electron chi connectivity index (χ4n) is 4.34. The van der Waals surface area contributed by atoms with E-state index in [1.54, 1.807) is 0 Å². The van der Waals surface area contributed by atoms with Crippen LogP contribution in [0.4, 0.5) is 0 Å². The van der Waals surface area contributed by atoms with Gasteiger partial charge in [-0.05, 0) is 55.4 Å². The van der Waals surface area contributed by atoms with Gasteiger partial charge < -0.3 is 10.1 Å². The van der Waals surface area contributed by atoms with Gasteiger partial charge in [0.25, 0.3) is 0 Å². The van der Waals surface area contributed by atoms with Crippen LogP contribution < -0.4 is 5.32 Å². The molecule has 112 valence electrons. The van der Waals surface area contributed by atoms with E-state index in [2.05, 4.69) is 39.9 Å². The zero-order chi connectivity index (χ0) is 14.1. The summed E-state index contributed by atoms with van der Waals surface area (Å²) in [6.07, 6.45) is 6.99. The molecular weight excluding hydrogens is 234 g/mol. The Morgan fingerprint density at radius 2 is 1.89 bits per heavy atom. The minimum atomic E-state index is 0.490. The van der Waals surface area contributed by atoms with Crippen molar-refractivity contribution in [2.45, 2.75) is 78.9 Å². The number of hydrogen-bond acceptors (Lipinski definition) is 2. The van der Waals surface area contributed by atoms with Crippen molar-refractivity contribution in [1.82, 2.24) is 5.32 Å². The Hall–Kier alpha value is -0.0800. The van der Waals surface area contributed by atoms with Crippen molar-refractivity contribution in [3.63, 3.8) is 0 Å². The molecule has 0 amide bonds. The first-order valence-corrected chi connectivity index (χ1v) is 8.26. The molecule has 0 aromatic carbocycles. The van der Waals surface area contributed by atoms with Crippen molar-refractivity contribution in [1.29, 1.82) is 0 Å². The molecule has 0 aromatic rings. The topological polar surface area (TPSA) is 21.3 Å². The summed E-state index contributed by atoms with van der Waals surface area (Å²) in [7, 11) is 0. The van der Waals surface area contributed by atoms with Gasteiger partial charge in [-0.25, -0.2) is 0 Å². The summed E-state index contributed by atoms with van der Waals surface area (Å²) in [5.74, 6) is 0.824. The molecule has 2 nitrogen and oxygen atoms in total. The van der Waals surface area contributed by atoms with E-state index in [0.29, 0.717) is 23.0 Å². The standard InChI is InChI=1S/C17H33NO/c1-6-18-14(15-16(2,3)17(15,4)5)11-7-9-13-10-8-12-19-13/h13-15,18H,6-12H2,1-5H3. The lowest BCUT2D eigenvalue weighted by Crippen LogP contribution is -2.33. The lowest BCUT2D eigenvalue weighted by atomic mass is 9.97. The van der Waals surface area contributed by atoms with Crippen LogP contribution in [0.1, 0.15) is 66.7 Å². The fraction of sp³-hybridized carbons (Fsp3) is 1.00. The van der Waals surface area contributed by atoms with Crippen LogP contribution in [0.15, 0.2) is 0 Å². The zero-order valence-corrected chi connectivity index (χ0v) is 13.6. The molecule has 1 saturated carbocycles. The SMILES string of the molecule is CCNC(CCCC1CCCO1)C1C(C)(C)C1(C)C. The Kier molecular flexibility index (Phi) is 4.62. The quantitative estimate of drug-likeness (QED) is 0.753. The van der Waals surface area contributed by atoms with E-state index in [1.807, 2.05) is 0 Å². The fourth-order valence-corrected chi connectivity index (χ4v) is 4.34. The molecule has 19 heavy (non-hydrogen) atoms. The second-order valence-corrected chi connectivity index (χ2v) is 7.65. The summed E-state index contributed by atoms with van der Waals surface area (Å²) in [6.45, 7) is 14.0. The highest BCUT2D eigenvalue weighted by atomic mass is 16.5. The smallest absolute Gasteiger partial charge is 0.0576 e. The lowest BCUT2D eigenvalue weighted by molar-refractivity contribution is 0.101. The molecule has 0 bridgehead atoms. The number of ether oxygens (including phenoxy) is 1. The van der Waals surface area contributed by atoms with Gasteiger partial charge in [-0.1, -0.05) is 34.6 Å². The van der Waals surface area contributed by atoms with E-state index in [0.717, 1.165) is 19.1 Å². The van der Waals surface area contributed by atoms with Gasteiger partial charge >= 0.3 is 0 Å². The van der Waals surface area contributed by atoms with Crippen LogP contribution in [0.2, 0.25) is 0 Å². The van der Waals surface area contributed by atoms with E-state index in [1.165, 1.54) is 32.1 Å². The number of hydrogen-bond donors (Lipinski definition) is 1. The molecule has 0 aromatic heterocycles. The predicted octanol–water partition coefficient (Wildman–Crippen LogP) is 4.00. The molecule has 2 rings (SSSR count). The van der Waals surface area contributed by atoms with Crippen molar-refractivity contribution in [2.75, 3.05) is 13.2 Å². The molecular formula is C17H33NO. The normalized spacial score (nSPS) is 30.5. The molecule has 2 unspecified atom stereocenters. The van der Waals surface area contributed by atoms with E-state index < -0.39 is 0 Å². The van der Waals surface area contributed by atoms with Gasteiger partial charge in [0, 0.05) is 12.6 Å². The highest BCUT2D eigenvalue weighted by Crippen LogP contribution is 2.70. The van der Waals surface area contributed by atoms with Crippen LogP contribution in [0, 0.1) is 16.7 Å². The zero-order valence-electron chi connectivity index (χ0n) is 13.6. The highest BCUT2D eigenvalue weighted by molar-refractivity contribution is 5.16. The van der Waals surface area contributed by atoms with Crippen molar-refractivity contribution >= 4 is 0 Å². The third-order valence-electron chi connectivity index (χ3n) is 6.07. The van der Waals surface area contributed by atoms with Gasteiger partial charge in [-0.3, -0.25) is 0 Å². The van der Waals surface area contributed by atoms with Crippen molar-refractivity contribution in [3.8, 4) is 0 Å². The summed E-state index contributed by atoms with van der Waals surface area (Å²) in [4.78, 5) is 0. The van der Waals surface area contributed by atoms with Crippen LogP contribution in [0.5, 0.6) is 0 Å². The van der Waals surface area contributed by atoms with Gasteiger partial charge in [-0.15, -0.1) is 0 Å². The van der Waals surface area contributed by atoms with Crippen molar-refractivity contribution < 1.29 is 4.74 Å². The van der Waals surface area contributed by atoms with Gasteiger partial charge in [0.05, 0.1) is 6.10 Å². The van der Waals surface area contributed by atoms with Gasteiger partial charge in [-0.2, -0.15) is 0 Å². The number of nitrogens with one attached hydrogen (secondary N) is 1. The minimum absolute atomic E-state index is 0.490. The van der Waals surface area contributed by atoms with Crippen molar-refractivity contribution in [3.05, 3.63) is 0 Å². The molecule has 0 spiro atoms. The Morgan fingerprint density at radius 1 is 1.21 bits per heavy atom. The van der Waals surface area contributed by atoms with Gasteiger partial charge in [0.1, 0.15) is 0 Å². The largest absolute Gasteiger partial charge is 0.378 e. The third-order valence-corrected chi connectivity index (χ3v) is 6.07. The molecule has 2 fully saturated rings. The van der Waals surface area contributed by atoms with Crippen molar-refractivity contribution in [2.24, 2.45) is 16.7 Å². The maximum Gasteiger partial charge on any atom is 0.0576 e. The Balaban J connectivity index is 1.80. The van der Waals surface area contributed by atoms with E-state index in [-0.39, 0.29) is 0 Å². The molecule has 2 aliphatic rings. The van der Waals surface area contributed by atoms with Gasteiger partial charge in [0.15, 0.2) is 0 Å². The summed E-state index contributed by atoms with van der Waals surface area (Å²) in [5, 5.41) is 3.74. The second kappa shape index (κ2) is 5.73. The predicted molar refractivity (Wildman–Crippen MR) is 81.3 cm³/mol. The van der Waals surface area contributed by atoms with Crippen LogP contribution >= 0.6 is 0 Å². The Labute approximate surface area is 119 Å². The Bertz CT molecular complexity index is 278. The average Bonchev–Trinajstić information content (AvgIpc) is 2.74. The summed E-state index contributed by atoms with van der Waals surface area (Å²) in [5.41, 5.74) is 0.980. The average molecular weight is 267 g/mol. The summed E-state index contributed by atoms with van der Waals surface area (Å²) >= 11 is 0. The molecule has 0 radical (unpaired) electrons. The molecule has 1 aliphatic heterocycles. The van der Waals surface area contributed by atoms with Crippen LogP contribution in [-0.2, 0) is 4.74 Å². The van der Waals surface area contributed by atoms with Gasteiger partial charge in [0.2, 0.25) is 0 Å². The van der Waals surface area contributed by atoms with E-state index >= 15 is 0 Å². The van der Waals surface area contributed by atoms with Crippen LogP contribution in [-0.4, -0.2) is 25.3 Å². The molecule has 1 N–H and O–H groups in total. The molecule has 2 heteroatoms. The van der Waals surface area contributed by atoms with Crippen LogP contribution in [0.25, 0.3) is 0 Å². The maximum absolute atomic E-state index is 5.73. The van der Waals surface area contributed by atoms with Crippen LogP contribution in [0.3, 0.4) is 0 Å². The minimum Gasteiger partial charge on any atom is -0.378 e. The number of rotatable bonds is 7. The first kappa shape index (κ1) is 15.3. The monoisotopic (exact) mass is 267 g/mol. The lowest BCUT2D eigenvalue weighted by Gasteiger charge is -2.21. The van der Waals surface area contributed by atoms with E-state index in [9.17, 15) is 0 Å². The summed E-state index contributed by atoms with van der Waals surface area (Å²) < 4.78 is 5.73.